The van der Waals surface area contributed by atoms with Gasteiger partial charge in [0, 0.05) is 16.6 Å². The molecule has 1 aliphatic rings. The van der Waals surface area contributed by atoms with Crippen LogP contribution < -0.4 is 10.0 Å². The zero-order valence-electron chi connectivity index (χ0n) is 18.0. The molecular formula is C24H21ClN2O6S. The van der Waals surface area contributed by atoms with Gasteiger partial charge in [0.05, 0.1) is 12.0 Å². The molecule has 0 spiro atoms. The van der Waals surface area contributed by atoms with Crippen molar-refractivity contribution in [3.05, 3.63) is 83.4 Å². The molecule has 1 saturated carbocycles. The van der Waals surface area contributed by atoms with E-state index in [0.29, 0.717) is 16.3 Å². The topological polar surface area (TPSA) is 122 Å². The number of carbonyl (C=O) groups excluding carboxylic acids is 1. The molecule has 0 bridgehead atoms. The summed E-state index contributed by atoms with van der Waals surface area (Å²) in [6, 6.07) is 19.8. The summed E-state index contributed by atoms with van der Waals surface area (Å²) in [6.07, 6.45) is -0.591. The Labute approximate surface area is 201 Å². The minimum atomic E-state index is -4.12. The Hall–Kier alpha value is -3.40. The maximum absolute atomic E-state index is 13.0. The van der Waals surface area contributed by atoms with E-state index in [0.717, 1.165) is 11.1 Å². The third kappa shape index (κ3) is 4.77. The number of anilines is 1. The second kappa shape index (κ2) is 9.09. The van der Waals surface area contributed by atoms with E-state index >= 15 is 0 Å². The Kier molecular flexibility index (Phi) is 6.35. The van der Waals surface area contributed by atoms with Gasteiger partial charge in [-0.2, -0.15) is 4.72 Å². The van der Waals surface area contributed by atoms with Crippen LogP contribution in [-0.4, -0.2) is 38.2 Å². The van der Waals surface area contributed by atoms with E-state index in [1.807, 2.05) is 12.1 Å². The second-order valence-electron chi connectivity index (χ2n) is 7.91. The molecule has 4 rings (SSSR count). The molecule has 0 radical (unpaired) electrons. The monoisotopic (exact) mass is 500 g/mol. The third-order valence-electron chi connectivity index (χ3n) is 5.72. The summed E-state index contributed by atoms with van der Waals surface area (Å²) in [4.78, 5) is 23.5. The number of hydrogen-bond acceptors (Lipinski definition) is 5. The zero-order valence-corrected chi connectivity index (χ0v) is 19.6. The quantitative estimate of drug-likeness (QED) is 0.440. The number of benzene rings is 3. The molecule has 10 heteroatoms. The molecule has 1 fully saturated rings. The number of carbonyl (C=O) groups is 2. The summed E-state index contributed by atoms with van der Waals surface area (Å²) in [5, 5.41) is 13.0. The van der Waals surface area contributed by atoms with Crippen molar-refractivity contribution in [2.24, 2.45) is 0 Å². The number of methoxy groups -OCH3 is 1. The molecule has 0 aliphatic heterocycles. The molecule has 176 valence electrons. The average Bonchev–Trinajstić information content (AvgIpc) is 3.54. The number of carboxylic acid groups (broad SMARTS) is 1. The summed E-state index contributed by atoms with van der Waals surface area (Å²) >= 11 is 5.91. The van der Waals surface area contributed by atoms with Crippen molar-refractivity contribution in [3.8, 4) is 11.1 Å². The molecule has 3 aromatic carbocycles. The Morgan fingerprint density at radius 2 is 1.65 bits per heavy atom. The zero-order chi connectivity index (χ0) is 24.5. The van der Waals surface area contributed by atoms with Gasteiger partial charge in [0.15, 0.2) is 0 Å². The van der Waals surface area contributed by atoms with Crippen molar-refractivity contribution in [3.63, 3.8) is 0 Å². The van der Waals surface area contributed by atoms with Gasteiger partial charge < -0.3 is 9.84 Å². The highest BCUT2D eigenvalue weighted by atomic mass is 35.5. The fraction of sp³-hybridized carbons (Fsp3) is 0.167. The van der Waals surface area contributed by atoms with Crippen LogP contribution in [0.4, 0.5) is 10.5 Å². The van der Waals surface area contributed by atoms with Crippen molar-refractivity contribution >= 4 is 39.4 Å². The molecule has 1 amide bonds. The number of halogens is 1. The second-order valence-corrected chi connectivity index (χ2v) is 10.0. The fourth-order valence-corrected chi connectivity index (χ4v) is 5.36. The molecule has 0 aromatic heterocycles. The predicted octanol–water partition coefficient (Wildman–Crippen LogP) is 4.47. The predicted molar refractivity (Wildman–Crippen MR) is 127 cm³/mol. The Morgan fingerprint density at radius 1 is 1.03 bits per heavy atom. The van der Waals surface area contributed by atoms with Gasteiger partial charge in [-0.25, -0.2) is 13.2 Å². The molecule has 34 heavy (non-hydrogen) atoms. The molecule has 3 N–H and O–H groups in total. The molecular weight excluding hydrogens is 480 g/mol. The van der Waals surface area contributed by atoms with Crippen molar-refractivity contribution in [1.82, 2.24) is 4.72 Å². The first-order valence-electron chi connectivity index (χ1n) is 10.2. The first kappa shape index (κ1) is 23.7. The number of nitrogens with one attached hydrogen (secondary N) is 2. The lowest BCUT2D eigenvalue weighted by atomic mass is 10.1. The minimum absolute atomic E-state index is 0.0439. The van der Waals surface area contributed by atoms with Crippen molar-refractivity contribution in [2.45, 2.75) is 22.8 Å². The van der Waals surface area contributed by atoms with E-state index in [4.69, 9.17) is 11.6 Å². The minimum Gasteiger partial charge on any atom is -0.480 e. The van der Waals surface area contributed by atoms with Crippen molar-refractivity contribution < 1.29 is 27.9 Å². The lowest BCUT2D eigenvalue weighted by molar-refractivity contribution is -0.140. The van der Waals surface area contributed by atoms with Crippen LogP contribution in [0.1, 0.15) is 17.9 Å². The van der Waals surface area contributed by atoms with Crippen LogP contribution in [0.5, 0.6) is 0 Å². The van der Waals surface area contributed by atoms with E-state index in [-0.39, 0.29) is 11.3 Å². The molecule has 0 saturated heterocycles. The summed E-state index contributed by atoms with van der Waals surface area (Å²) < 4.78 is 33.0. The highest BCUT2D eigenvalue weighted by molar-refractivity contribution is 7.89. The van der Waals surface area contributed by atoms with Crippen LogP contribution in [0, 0.1) is 0 Å². The van der Waals surface area contributed by atoms with Crippen LogP contribution in [0.3, 0.4) is 0 Å². The number of amides is 1. The number of rotatable bonds is 7. The Morgan fingerprint density at radius 3 is 2.24 bits per heavy atom. The molecule has 8 nitrogen and oxygen atoms in total. The first-order valence-corrected chi connectivity index (χ1v) is 12.1. The summed E-state index contributed by atoms with van der Waals surface area (Å²) in [7, 11) is -2.89. The summed E-state index contributed by atoms with van der Waals surface area (Å²) in [5.74, 6) is -1.88. The standard InChI is InChI=1S/C24H21ClN2O6S/c1-33-23(30)26-19-4-2-3-17(13-19)21-14-24(21,22(28)29)27-34(31,32)20-11-7-16(8-12-20)15-5-9-18(25)10-6-15/h2-13,21,27H,14H2,1H3,(H,26,30)(H,28,29)/t21-,24+/m0/s1. The van der Waals surface area contributed by atoms with Crippen molar-refractivity contribution in [1.29, 1.82) is 0 Å². The van der Waals surface area contributed by atoms with E-state index in [9.17, 15) is 23.1 Å². The van der Waals surface area contributed by atoms with E-state index in [1.165, 1.54) is 19.2 Å². The molecule has 0 heterocycles. The Balaban J connectivity index is 1.55. The van der Waals surface area contributed by atoms with Crippen LogP contribution >= 0.6 is 11.6 Å². The van der Waals surface area contributed by atoms with Gasteiger partial charge in [-0.05, 0) is 59.5 Å². The van der Waals surface area contributed by atoms with Gasteiger partial charge in [0.2, 0.25) is 10.0 Å². The highest BCUT2D eigenvalue weighted by Gasteiger charge is 2.63. The maximum atomic E-state index is 13.0. The van der Waals surface area contributed by atoms with Gasteiger partial charge >= 0.3 is 12.1 Å². The van der Waals surface area contributed by atoms with Gasteiger partial charge in [0.1, 0.15) is 5.54 Å². The number of aliphatic carboxylic acids is 1. The lowest BCUT2D eigenvalue weighted by Crippen LogP contribution is -2.44. The smallest absolute Gasteiger partial charge is 0.411 e. The molecule has 3 aromatic rings. The van der Waals surface area contributed by atoms with Gasteiger partial charge in [0.25, 0.3) is 0 Å². The maximum Gasteiger partial charge on any atom is 0.411 e. The third-order valence-corrected chi connectivity index (χ3v) is 7.50. The van der Waals surface area contributed by atoms with Crippen molar-refractivity contribution in [2.75, 3.05) is 12.4 Å². The average molecular weight is 501 g/mol. The van der Waals surface area contributed by atoms with E-state index < -0.39 is 33.5 Å². The van der Waals surface area contributed by atoms with Gasteiger partial charge in [-0.3, -0.25) is 10.1 Å². The highest BCUT2D eigenvalue weighted by Crippen LogP contribution is 2.52. The molecule has 0 unspecified atom stereocenters. The first-order chi connectivity index (χ1) is 16.1. The number of carboxylic acids is 1. The van der Waals surface area contributed by atoms with E-state index in [2.05, 4.69) is 14.8 Å². The molecule has 2 atom stereocenters. The summed E-state index contributed by atoms with van der Waals surface area (Å²) in [5.41, 5.74) is 0.972. The van der Waals surface area contributed by atoms with E-state index in [1.54, 1.807) is 48.5 Å². The Bertz CT molecular complexity index is 1340. The van der Waals surface area contributed by atoms with Gasteiger partial charge in [-0.15, -0.1) is 0 Å². The number of hydrogen-bond donors (Lipinski definition) is 3. The molecule has 1 aliphatic carbocycles. The number of ether oxygens (including phenoxy) is 1. The number of sulfonamides is 1. The van der Waals surface area contributed by atoms with Crippen LogP contribution in [0.2, 0.25) is 5.02 Å². The fourth-order valence-electron chi connectivity index (χ4n) is 3.83. The SMILES string of the molecule is COC(=O)Nc1cccc([C@@H]2C[C@]2(NS(=O)(=O)c2ccc(-c3ccc(Cl)cc3)cc2)C(=O)O)c1. The lowest BCUT2D eigenvalue weighted by Gasteiger charge is -2.16. The van der Waals surface area contributed by atoms with Crippen LogP contribution in [0.15, 0.2) is 77.7 Å². The van der Waals surface area contributed by atoms with Gasteiger partial charge in [-0.1, -0.05) is 48.0 Å². The van der Waals surface area contributed by atoms with Crippen LogP contribution in [-0.2, 0) is 19.6 Å². The van der Waals surface area contributed by atoms with Crippen LogP contribution in [0.25, 0.3) is 11.1 Å². The normalized spacial score (nSPS) is 19.3. The largest absolute Gasteiger partial charge is 0.480 e. The summed E-state index contributed by atoms with van der Waals surface area (Å²) in [6.45, 7) is 0.